The lowest BCUT2D eigenvalue weighted by atomic mass is 10.1. The lowest BCUT2D eigenvalue weighted by Crippen LogP contribution is -2.30. The van der Waals surface area contributed by atoms with Crippen LogP contribution in [0.3, 0.4) is 0 Å². The van der Waals surface area contributed by atoms with Gasteiger partial charge in [0.25, 0.3) is 0 Å². The number of carbonyl (C=O) groups is 1. The Morgan fingerprint density at radius 3 is 2.64 bits per heavy atom. The van der Waals surface area contributed by atoms with E-state index in [-0.39, 0.29) is 0 Å². The van der Waals surface area contributed by atoms with Crippen molar-refractivity contribution in [1.29, 1.82) is 0 Å². The number of aliphatic carboxylic acids is 1. The summed E-state index contributed by atoms with van der Waals surface area (Å²) >= 11 is 0. The molecule has 0 radical (unpaired) electrons. The number of hydrogen-bond acceptors (Lipinski definition) is 3. The highest BCUT2D eigenvalue weighted by Crippen LogP contribution is 2.20. The summed E-state index contributed by atoms with van der Waals surface area (Å²) in [7, 11) is 0. The minimum atomic E-state index is -0.887. The van der Waals surface area contributed by atoms with E-state index in [0.717, 1.165) is 6.42 Å². The highest BCUT2D eigenvalue weighted by Gasteiger charge is 2.19. The van der Waals surface area contributed by atoms with Crippen LogP contribution < -0.4 is 10.1 Å². The van der Waals surface area contributed by atoms with Crippen LogP contribution >= 0.6 is 0 Å². The molecule has 0 aliphatic heterocycles. The number of hydrogen-bond donors (Lipinski definition) is 2. The quantitative estimate of drug-likeness (QED) is 0.786. The number of nitrogens with one attached hydrogen (secondary N) is 1. The van der Waals surface area contributed by atoms with Crippen molar-refractivity contribution in [1.82, 2.24) is 5.32 Å². The number of carboxylic acids is 1. The van der Waals surface area contributed by atoms with Crippen LogP contribution in [0.25, 0.3) is 0 Å². The molecule has 0 bridgehead atoms. The number of benzene rings is 2. The molecule has 2 N–H and O–H groups in total. The highest BCUT2D eigenvalue weighted by molar-refractivity contribution is 5.75. The third-order valence-corrected chi connectivity index (χ3v) is 3.35. The first-order chi connectivity index (χ1) is 10.7. The second-order valence-electron chi connectivity index (χ2n) is 4.97. The van der Waals surface area contributed by atoms with Gasteiger partial charge >= 0.3 is 5.97 Å². The molecular formula is C18H21NO3. The van der Waals surface area contributed by atoms with Gasteiger partial charge in [-0.05, 0) is 36.6 Å². The molecule has 1 unspecified atom stereocenters. The Labute approximate surface area is 130 Å². The predicted molar refractivity (Wildman–Crippen MR) is 86.1 cm³/mol. The van der Waals surface area contributed by atoms with E-state index >= 15 is 0 Å². The van der Waals surface area contributed by atoms with Crippen LogP contribution in [-0.2, 0) is 11.2 Å². The fourth-order valence-electron chi connectivity index (χ4n) is 2.30. The van der Waals surface area contributed by atoms with Crippen molar-refractivity contribution in [2.24, 2.45) is 0 Å². The molecule has 0 amide bonds. The standard InChI is InChI=1S/C18H21NO3/c1-2-22-16-10-6-9-15(13-16)17(18(20)21)19-12-11-14-7-4-3-5-8-14/h3-10,13,17,19H,2,11-12H2,1H3,(H,20,21). The zero-order valence-corrected chi connectivity index (χ0v) is 12.7. The lowest BCUT2D eigenvalue weighted by molar-refractivity contribution is -0.139. The monoisotopic (exact) mass is 299 g/mol. The molecular weight excluding hydrogens is 278 g/mol. The van der Waals surface area contributed by atoms with Crippen LogP contribution in [0.1, 0.15) is 24.1 Å². The molecule has 2 rings (SSSR count). The Morgan fingerprint density at radius 1 is 1.18 bits per heavy atom. The predicted octanol–water partition coefficient (Wildman–Crippen LogP) is 3.04. The molecule has 116 valence electrons. The van der Waals surface area contributed by atoms with Crippen molar-refractivity contribution in [3.8, 4) is 5.75 Å². The largest absolute Gasteiger partial charge is 0.494 e. The van der Waals surface area contributed by atoms with Crippen LogP contribution in [0.5, 0.6) is 5.75 Å². The average Bonchev–Trinajstić information content (AvgIpc) is 2.53. The first kappa shape index (κ1) is 16.0. The van der Waals surface area contributed by atoms with E-state index in [1.54, 1.807) is 12.1 Å². The lowest BCUT2D eigenvalue weighted by Gasteiger charge is -2.16. The summed E-state index contributed by atoms with van der Waals surface area (Å²) in [5.41, 5.74) is 1.88. The van der Waals surface area contributed by atoms with Crippen molar-refractivity contribution < 1.29 is 14.6 Å². The van der Waals surface area contributed by atoms with Crippen LogP contribution in [0.2, 0.25) is 0 Å². The molecule has 0 aromatic heterocycles. The summed E-state index contributed by atoms with van der Waals surface area (Å²) in [4.78, 5) is 11.5. The van der Waals surface area contributed by atoms with Gasteiger partial charge in [0, 0.05) is 6.54 Å². The Morgan fingerprint density at radius 2 is 1.95 bits per heavy atom. The summed E-state index contributed by atoms with van der Waals surface area (Å²) in [6, 6.07) is 16.5. The molecule has 1 atom stereocenters. The molecule has 0 aliphatic rings. The second kappa shape index (κ2) is 8.20. The molecule has 4 heteroatoms. The minimum Gasteiger partial charge on any atom is -0.494 e. The smallest absolute Gasteiger partial charge is 0.325 e. The minimum absolute atomic E-state index is 0.558. The molecule has 2 aromatic rings. The number of carboxylic acid groups (broad SMARTS) is 1. The molecule has 4 nitrogen and oxygen atoms in total. The highest BCUT2D eigenvalue weighted by atomic mass is 16.5. The van der Waals surface area contributed by atoms with Crippen LogP contribution in [0, 0.1) is 0 Å². The molecule has 2 aromatic carbocycles. The Kier molecular flexibility index (Phi) is 5.98. The van der Waals surface area contributed by atoms with Crippen molar-refractivity contribution in [2.75, 3.05) is 13.2 Å². The van der Waals surface area contributed by atoms with Gasteiger partial charge in [0.1, 0.15) is 11.8 Å². The van der Waals surface area contributed by atoms with Crippen molar-refractivity contribution in [3.63, 3.8) is 0 Å². The fraction of sp³-hybridized carbons (Fsp3) is 0.278. The number of rotatable bonds is 8. The molecule has 0 aliphatic carbocycles. The van der Waals surface area contributed by atoms with Gasteiger partial charge in [-0.2, -0.15) is 0 Å². The maximum atomic E-state index is 11.5. The topological polar surface area (TPSA) is 58.6 Å². The van der Waals surface area contributed by atoms with Gasteiger partial charge in [-0.1, -0.05) is 42.5 Å². The van der Waals surface area contributed by atoms with Gasteiger partial charge in [0.05, 0.1) is 6.61 Å². The summed E-state index contributed by atoms with van der Waals surface area (Å²) in [5.74, 6) is -0.196. The molecule has 0 fully saturated rings. The Bertz CT molecular complexity index is 598. The van der Waals surface area contributed by atoms with E-state index in [2.05, 4.69) is 5.32 Å². The molecule has 0 saturated carbocycles. The van der Waals surface area contributed by atoms with E-state index in [4.69, 9.17) is 4.74 Å². The second-order valence-corrected chi connectivity index (χ2v) is 4.97. The summed E-state index contributed by atoms with van der Waals surface area (Å²) in [5, 5.41) is 12.5. The van der Waals surface area contributed by atoms with E-state index in [9.17, 15) is 9.90 Å². The van der Waals surface area contributed by atoms with Gasteiger partial charge in [0.15, 0.2) is 0 Å². The zero-order chi connectivity index (χ0) is 15.8. The average molecular weight is 299 g/mol. The molecule has 22 heavy (non-hydrogen) atoms. The first-order valence-electron chi connectivity index (χ1n) is 7.43. The van der Waals surface area contributed by atoms with Crippen molar-refractivity contribution in [2.45, 2.75) is 19.4 Å². The third kappa shape index (κ3) is 4.60. The first-order valence-corrected chi connectivity index (χ1v) is 7.43. The van der Waals surface area contributed by atoms with Gasteiger partial charge < -0.3 is 15.2 Å². The Hall–Kier alpha value is -2.33. The van der Waals surface area contributed by atoms with Crippen LogP contribution in [0.4, 0.5) is 0 Å². The fourth-order valence-corrected chi connectivity index (χ4v) is 2.30. The van der Waals surface area contributed by atoms with E-state index < -0.39 is 12.0 Å². The Balaban J connectivity index is 2.00. The molecule has 0 spiro atoms. The van der Waals surface area contributed by atoms with Crippen LogP contribution in [-0.4, -0.2) is 24.2 Å². The van der Waals surface area contributed by atoms with Crippen molar-refractivity contribution >= 4 is 5.97 Å². The van der Waals surface area contributed by atoms with E-state index in [1.165, 1.54) is 5.56 Å². The van der Waals surface area contributed by atoms with Gasteiger partial charge in [0.2, 0.25) is 0 Å². The van der Waals surface area contributed by atoms with E-state index in [1.807, 2.05) is 49.4 Å². The number of ether oxygens (including phenoxy) is 1. The maximum absolute atomic E-state index is 11.5. The molecule has 0 saturated heterocycles. The molecule has 0 heterocycles. The van der Waals surface area contributed by atoms with Crippen LogP contribution in [0.15, 0.2) is 54.6 Å². The summed E-state index contributed by atoms with van der Waals surface area (Å²) in [6.45, 7) is 3.06. The van der Waals surface area contributed by atoms with Gasteiger partial charge in [-0.15, -0.1) is 0 Å². The zero-order valence-electron chi connectivity index (χ0n) is 12.7. The van der Waals surface area contributed by atoms with Gasteiger partial charge in [-0.25, -0.2) is 0 Å². The van der Waals surface area contributed by atoms with Crippen molar-refractivity contribution in [3.05, 3.63) is 65.7 Å². The normalized spacial score (nSPS) is 11.9. The maximum Gasteiger partial charge on any atom is 0.325 e. The summed E-state index contributed by atoms with van der Waals surface area (Å²) < 4.78 is 5.43. The van der Waals surface area contributed by atoms with E-state index in [0.29, 0.717) is 24.5 Å². The van der Waals surface area contributed by atoms with Gasteiger partial charge in [-0.3, -0.25) is 4.79 Å². The summed E-state index contributed by atoms with van der Waals surface area (Å²) in [6.07, 6.45) is 0.787. The SMILES string of the molecule is CCOc1cccc(C(NCCc2ccccc2)C(=O)O)c1. The third-order valence-electron chi connectivity index (χ3n) is 3.35.